The van der Waals surface area contributed by atoms with Gasteiger partial charge in [0, 0.05) is 54.2 Å². The van der Waals surface area contributed by atoms with Gasteiger partial charge in [-0.15, -0.1) is 11.3 Å². The number of thiophene rings is 1. The van der Waals surface area contributed by atoms with Gasteiger partial charge < -0.3 is 0 Å². The van der Waals surface area contributed by atoms with E-state index in [0.29, 0.717) is 17.5 Å². The molecule has 0 atom stereocenters. The van der Waals surface area contributed by atoms with Crippen LogP contribution in [-0.4, -0.2) is 19.9 Å². The van der Waals surface area contributed by atoms with Gasteiger partial charge in [0.05, 0.1) is 5.69 Å². The second-order valence-electron chi connectivity index (χ2n) is 11.9. The third-order valence-corrected chi connectivity index (χ3v) is 9.92. The van der Waals surface area contributed by atoms with Crippen molar-refractivity contribution < 1.29 is 0 Å². The SMILES string of the molecule is c1ccc(-c2ccc(-c3cc(-c4ccc5sc6ccccc6c5c4)cc(-c4nc(-c5ccccc5)nc(-c5ccccc5)n4)c3)nc2)cc1. The fraction of sp³-hybridized carbons (Fsp3) is 0. The standard InChI is InChI=1S/C44H28N4S/c1-4-12-29(13-5-1)33-20-22-39(45-28-33)35-24-34(32-21-23-41-38(27-32)37-18-10-11-19-40(37)49-41)25-36(26-35)44-47-42(30-14-6-2-7-15-30)46-43(48-44)31-16-8-3-9-17-31/h1-28H. The summed E-state index contributed by atoms with van der Waals surface area (Å²) in [6.07, 6.45) is 1.95. The molecule has 5 heteroatoms. The first kappa shape index (κ1) is 28.9. The van der Waals surface area contributed by atoms with Gasteiger partial charge >= 0.3 is 0 Å². The molecule has 0 saturated carbocycles. The van der Waals surface area contributed by atoms with Crippen molar-refractivity contribution in [3.8, 4) is 67.7 Å². The second kappa shape index (κ2) is 12.4. The summed E-state index contributed by atoms with van der Waals surface area (Å²) in [5.41, 5.74) is 9.05. The van der Waals surface area contributed by atoms with Gasteiger partial charge in [0.15, 0.2) is 17.5 Å². The van der Waals surface area contributed by atoms with Crippen LogP contribution >= 0.6 is 11.3 Å². The van der Waals surface area contributed by atoms with Gasteiger partial charge in [-0.1, -0.05) is 121 Å². The Hall–Kier alpha value is -6.30. The van der Waals surface area contributed by atoms with Gasteiger partial charge in [-0.25, -0.2) is 15.0 Å². The molecule has 9 aromatic rings. The molecule has 0 amide bonds. The van der Waals surface area contributed by atoms with Gasteiger partial charge in [-0.2, -0.15) is 0 Å². The van der Waals surface area contributed by atoms with Crippen LogP contribution in [0.25, 0.3) is 87.8 Å². The van der Waals surface area contributed by atoms with Crippen LogP contribution in [0.4, 0.5) is 0 Å². The van der Waals surface area contributed by atoms with Gasteiger partial charge in [0.2, 0.25) is 0 Å². The number of aromatic nitrogens is 4. The molecule has 0 bridgehead atoms. The van der Waals surface area contributed by atoms with Crippen LogP contribution in [0.2, 0.25) is 0 Å². The number of benzene rings is 6. The predicted octanol–water partition coefficient (Wildman–Crippen LogP) is 11.6. The zero-order valence-corrected chi connectivity index (χ0v) is 27.2. The average molecular weight is 645 g/mol. The number of fused-ring (bicyclic) bond motifs is 3. The van der Waals surface area contributed by atoms with E-state index < -0.39 is 0 Å². The van der Waals surface area contributed by atoms with E-state index in [1.54, 1.807) is 0 Å². The van der Waals surface area contributed by atoms with Gasteiger partial charge in [0.1, 0.15) is 0 Å². The molecule has 0 aliphatic carbocycles. The Balaban J connectivity index is 1.24. The van der Waals surface area contributed by atoms with Crippen molar-refractivity contribution in [1.82, 2.24) is 19.9 Å². The van der Waals surface area contributed by atoms with E-state index in [9.17, 15) is 0 Å². The van der Waals surface area contributed by atoms with Crippen molar-refractivity contribution in [1.29, 1.82) is 0 Å². The number of nitrogens with zero attached hydrogens (tertiary/aromatic N) is 4. The fourth-order valence-electron chi connectivity index (χ4n) is 6.28. The predicted molar refractivity (Wildman–Crippen MR) is 203 cm³/mol. The minimum atomic E-state index is 0.610. The van der Waals surface area contributed by atoms with Crippen molar-refractivity contribution >= 4 is 31.5 Å². The molecule has 230 valence electrons. The summed E-state index contributed by atoms with van der Waals surface area (Å²) in [7, 11) is 0. The Morgan fingerprint density at radius 2 is 0.857 bits per heavy atom. The summed E-state index contributed by atoms with van der Waals surface area (Å²) in [4.78, 5) is 20.0. The minimum Gasteiger partial charge on any atom is -0.256 e. The Labute approximate surface area is 288 Å². The maximum atomic E-state index is 5.06. The van der Waals surface area contributed by atoms with Crippen LogP contribution in [0.1, 0.15) is 0 Å². The lowest BCUT2D eigenvalue weighted by Gasteiger charge is -2.13. The molecule has 9 rings (SSSR count). The topological polar surface area (TPSA) is 51.6 Å². The Bertz CT molecular complexity index is 2520. The van der Waals surface area contributed by atoms with Gasteiger partial charge in [-0.05, 0) is 59.2 Å². The molecular weight excluding hydrogens is 617 g/mol. The smallest absolute Gasteiger partial charge is 0.164 e. The summed E-state index contributed by atoms with van der Waals surface area (Å²) in [5.74, 6) is 1.87. The van der Waals surface area contributed by atoms with Crippen LogP contribution in [-0.2, 0) is 0 Å². The van der Waals surface area contributed by atoms with Crippen LogP contribution in [0.5, 0.6) is 0 Å². The van der Waals surface area contributed by atoms with Gasteiger partial charge in [0.25, 0.3) is 0 Å². The van der Waals surface area contributed by atoms with Crippen LogP contribution < -0.4 is 0 Å². The van der Waals surface area contributed by atoms with E-state index in [0.717, 1.165) is 50.2 Å². The van der Waals surface area contributed by atoms with E-state index in [2.05, 4.69) is 97.1 Å². The van der Waals surface area contributed by atoms with Crippen molar-refractivity contribution in [3.63, 3.8) is 0 Å². The maximum absolute atomic E-state index is 5.06. The molecule has 49 heavy (non-hydrogen) atoms. The zero-order chi connectivity index (χ0) is 32.6. The lowest BCUT2D eigenvalue weighted by atomic mass is 9.96. The molecule has 0 radical (unpaired) electrons. The average Bonchev–Trinajstić information content (AvgIpc) is 3.57. The molecule has 0 spiro atoms. The monoisotopic (exact) mass is 644 g/mol. The Morgan fingerprint density at radius 1 is 0.327 bits per heavy atom. The van der Waals surface area contributed by atoms with Crippen molar-refractivity contribution in [2.45, 2.75) is 0 Å². The molecule has 0 saturated heterocycles. The molecule has 3 aromatic heterocycles. The minimum absolute atomic E-state index is 0.610. The highest BCUT2D eigenvalue weighted by atomic mass is 32.1. The van der Waals surface area contributed by atoms with Gasteiger partial charge in [-0.3, -0.25) is 4.98 Å². The second-order valence-corrected chi connectivity index (χ2v) is 13.0. The van der Waals surface area contributed by atoms with E-state index in [-0.39, 0.29) is 0 Å². The van der Waals surface area contributed by atoms with Crippen LogP contribution in [0, 0.1) is 0 Å². The highest BCUT2D eigenvalue weighted by Gasteiger charge is 2.16. The molecule has 3 heterocycles. The fourth-order valence-corrected chi connectivity index (χ4v) is 7.37. The van der Waals surface area contributed by atoms with Crippen LogP contribution in [0.3, 0.4) is 0 Å². The third kappa shape index (κ3) is 5.67. The summed E-state index contributed by atoms with van der Waals surface area (Å²) >= 11 is 1.83. The molecule has 0 aliphatic rings. The summed E-state index contributed by atoms with van der Waals surface area (Å²) < 4.78 is 2.57. The lowest BCUT2D eigenvalue weighted by Crippen LogP contribution is -2.00. The summed E-state index contributed by atoms with van der Waals surface area (Å²) in [6.45, 7) is 0. The quantitative estimate of drug-likeness (QED) is 0.181. The maximum Gasteiger partial charge on any atom is 0.164 e. The summed E-state index contributed by atoms with van der Waals surface area (Å²) in [5, 5.41) is 2.53. The molecule has 0 unspecified atom stereocenters. The van der Waals surface area contributed by atoms with E-state index in [1.165, 1.54) is 20.2 Å². The molecule has 0 aliphatic heterocycles. The Morgan fingerprint density at radius 3 is 1.51 bits per heavy atom. The number of hydrogen-bond donors (Lipinski definition) is 0. The van der Waals surface area contributed by atoms with Crippen LogP contribution in [0.15, 0.2) is 170 Å². The highest BCUT2D eigenvalue weighted by Crippen LogP contribution is 2.38. The normalized spacial score (nSPS) is 11.3. The zero-order valence-electron chi connectivity index (χ0n) is 26.4. The van der Waals surface area contributed by atoms with Crippen molar-refractivity contribution in [2.24, 2.45) is 0 Å². The lowest BCUT2D eigenvalue weighted by molar-refractivity contribution is 1.07. The number of rotatable bonds is 6. The first-order valence-electron chi connectivity index (χ1n) is 16.2. The first-order valence-corrected chi connectivity index (χ1v) is 17.0. The van der Waals surface area contributed by atoms with E-state index >= 15 is 0 Å². The highest BCUT2D eigenvalue weighted by molar-refractivity contribution is 7.25. The Kier molecular flexibility index (Phi) is 7.30. The number of pyridine rings is 1. The largest absolute Gasteiger partial charge is 0.256 e. The van der Waals surface area contributed by atoms with E-state index in [1.807, 2.05) is 84.3 Å². The first-order chi connectivity index (χ1) is 24.2. The molecular formula is C44H28N4S. The molecule has 4 nitrogen and oxygen atoms in total. The number of hydrogen-bond acceptors (Lipinski definition) is 5. The molecule has 6 aromatic carbocycles. The third-order valence-electron chi connectivity index (χ3n) is 8.77. The van der Waals surface area contributed by atoms with Crippen molar-refractivity contribution in [2.75, 3.05) is 0 Å². The van der Waals surface area contributed by atoms with E-state index in [4.69, 9.17) is 19.9 Å². The van der Waals surface area contributed by atoms with Crippen molar-refractivity contribution in [3.05, 3.63) is 170 Å². The molecule has 0 N–H and O–H groups in total. The summed E-state index contributed by atoms with van der Waals surface area (Å²) in [6, 6.07) is 56.7. The molecule has 0 fully saturated rings.